The van der Waals surface area contributed by atoms with E-state index in [-0.39, 0.29) is 5.78 Å². The number of nitrogens with zero attached hydrogens (tertiary/aromatic N) is 1. The molecule has 1 aliphatic heterocycles. The molecule has 2 nitrogen and oxygen atoms in total. The average Bonchev–Trinajstić information content (AvgIpc) is 2.31. The third kappa shape index (κ3) is 2.72. The fourth-order valence-electron chi connectivity index (χ4n) is 2.20. The van der Waals surface area contributed by atoms with Crippen molar-refractivity contribution in [2.45, 2.75) is 18.5 Å². The number of piperidine rings is 1. The predicted octanol–water partition coefficient (Wildman–Crippen LogP) is 2.69. The van der Waals surface area contributed by atoms with Gasteiger partial charge in [-0.1, -0.05) is 18.2 Å². The zero-order valence-electron chi connectivity index (χ0n) is 10.00. The minimum absolute atomic E-state index is 0.0208. The van der Waals surface area contributed by atoms with Gasteiger partial charge in [0, 0.05) is 19.5 Å². The summed E-state index contributed by atoms with van der Waals surface area (Å²) < 4.78 is 37.8. The summed E-state index contributed by atoms with van der Waals surface area (Å²) in [6.07, 6.45) is -3.96. The van der Waals surface area contributed by atoms with Gasteiger partial charge < -0.3 is 4.90 Å². The Hall–Kier alpha value is -1.36. The van der Waals surface area contributed by atoms with Gasteiger partial charge in [-0.3, -0.25) is 4.79 Å². The molecule has 0 bridgehead atoms. The summed E-state index contributed by atoms with van der Waals surface area (Å²) in [5.74, 6) is -0.418. The van der Waals surface area contributed by atoms with Gasteiger partial charge in [-0.25, -0.2) is 0 Å². The second kappa shape index (κ2) is 4.72. The van der Waals surface area contributed by atoms with Gasteiger partial charge in [-0.15, -0.1) is 0 Å². The molecule has 1 heterocycles. The van der Waals surface area contributed by atoms with Gasteiger partial charge in [0.15, 0.2) is 0 Å². The van der Waals surface area contributed by atoms with E-state index >= 15 is 0 Å². The molecule has 0 N–H and O–H groups in total. The van der Waals surface area contributed by atoms with Crippen molar-refractivity contribution in [2.24, 2.45) is 0 Å². The molecular formula is C13H14F3NO. The van der Waals surface area contributed by atoms with Gasteiger partial charge in [0.2, 0.25) is 0 Å². The van der Waals surface area contributed by atoms with Crippen LogP contribution in [0.15, 0.2) is 24.3 Å². The van der Waals surface area contributed by atoms with Crippen LogP contribution in [-0.4, -0.2) is 30.8 Å². The number of ketones is 1. The minimum Gasteiger partial charge on any atom is -0.305 e. The lowest BCUT2D eigenvalue weighted by Crippen LogP contribution is -2.36. The lowest BCUT2D eigenvalue weighted by molar-refractivity contribution is -0.137. The first-order valence-electron chi connectivity index (χ1n) is 5.76. The van der Waals surface area contributed by atoms with Crippen LogP contribution in [0, 0.1) is 0 Å². The molecule has 1 fully saturated rings. The SMILES string of the molecule is CN1CCC(=O)C(c2cccc(C(F)(F)F)c2)C1. The molecule has 18 heavy (non-hydrogen) atoms. The minimum atomic E-state index is -4.36. The topological polar surface area (TPSA) is 20.3 Å². The van der Waals surface area contributed by atoms with Crippen molar-refractivity contribution in [1.82, 2.24) is 4.90 Å². The first-order chi connectivity index (χ1) is 8.38. The lowest BCUT2D eigenvalue weighted by Gasteiger charge is -2.29. The normalized spacial score (nSPS) is 22.2. The Labute approximate surface area is 103 Å². The van der Waals surface area contributed by atoms with E-state index in [1.165, 1.54) is 6.07 Å². The number of rotatable bonds is 1. The number of likely N-dealkylation sites (tertiary alicyclic amines) is 1. The number of hydrogen-bond acceptors (Lipinski definition) is 2. The van der Waals surface area contributed by atoms with Gasteiger partial charge in [-0.05, 0) is 18.7 Å². The Kier molecular flexibility index (Phi) is 3.43. The molecule has 0 aromatic heterocycles. The van der Waals surface area contributed by atoms with Crippen molar-refractivity contribution in [2.75, 3.05) is 20.1 Å². The zero-order valence-corrected chi connectivity index (χ0v) is 10.00. The second-order valence-electron chi connectivity index (χ2n) is 4.65. The summed E-state index contributed by atoms with van der Waals surface area (Å²) in [7, 11) is 1.87. The predicted molar refractivity (Wildman–Crippen MR) is 61.3 cm³/mol. The number of alkyl halides is 3. The van der Waals surface area contributed by atoms with Crippen LogP contribution >= 0.6 is 0 Å². The molecule has 1 aliphatic rings. The fourth-order valence-corrected chi connectivity index (χ4v) is 2.20. The maximum Gasteiger partial charge on any atom is 0.416 e. The Balaban J connectivity index is 2.30. The van der Waals surface area contributed by atoms with E-state index in [1.54, 1.807) is 6.07 Å². The highest BCUT2D eigenvalue weighted by molar-refractivity contribution is 5.86. The number of benzene rings is 1. The third-order valence-corrected chi connectivity index (χ3v) is 3.24. The van der Waals surface area contributed by atoms with Crippen molar-refractivity contribution >= 4 is 5.78 Å². The van der Waals surface area contributed by atoms with Crippen molar-refractivity contribution in [3.8, 4) is 0 Å². The van der Waals surface area contributed by atoms with Crippen molar-refractivity contribution in [1.29, 1.82) is 0 Å². The van der Waals surface area contributed by atoms with Crippen LogP contribution in [0.25, 0.3) is 0 Å². The highest BCUT2D eigenvalue weighted by atomic mass is 19.4. The molecule has 2 rings (SSSR count). The quantitative estimate of drug-likeness (QED) is 0.771. The number of hydrogen-bond donors (Lipinski definition) is 0. The van der Waals surface area contributed by atoms with E-state index in [0.717, 1.165) is 12.1 Å². The molecule has 1 aromatic carbocycles. The van der Waals surface area contributed by atoms with Crippen LogP contribution in [0.1, 0.15) is 23.5 Å². The molecule has 0 aliphatic carbocycles. The molecule has 1 unspecified atom stereocenters. The van der Waals surface area contributed by atoms with Gasteiger partial charge in [-0.2, -0.15) is 13.2 Å². The van der Waals surface area contributed by atoms with Crippen LogP contribution in [-0.2, 0) is 11.0 Å². The lowest BCUT2D eigenvalue weighted by atomic mass is 9.89. The smallest absolute Gasteiger partial charge is 0.305 e. The van der Waals surface area contributed by atoms with Crippen LogP contribution in [0.2, 0.25) is 0 Å². The molecule has 1 atom stereocenters. The van der Waals surface area contributed by atoms with Gasteiger partial charge in [0.05, 0.1) is 11.5 Å². The Morgan fingerprint density at radius 2 is 2.06 bits per heavy atom. The number of likely N-dealkylation sites (N-methyl/N-ethyl adjacent to an activating group) is 1. The maximum absolute atomic E-state index is 12.6. The summed E-state index contributed by atoms with van der Waals surface area (Å²) >= 11 is 0. The molecule has 98 valence electrons. The van der Waals surface area contributed by atoms with Crippen molar-refractivity contribution in [3.63, 3.8) is 0 Å². The summed E-state index contributed by atoms with van der Waals surface area (Å²) in [5, 5.41) is 0. The molecule has 0 saturated carbocycles. The monoisotopic (exact) mass is 257 g/mol. The summed E-state index contributed by atoms with van der Waals surface area (Å²) in [4.78, 5) is 13.8. The van der Waals surface area contributed by atoms with Crippen molar-refractivity contribution < 1.29 is 18.0 Å². The Bertz CT molecular complexity index is 456. The fraction of sp³-hybridized carbons (Fsp3) is 0.462. The van der Waals surface area contributed by atoms with Crippen LogP contribution < -0.4 is 0 Å². The maximum atomic E-state index is 12.6. The molecule has 0 spiro atoms. The van der Waals surface area contributed by atoms with Crippen LogP contribution in [0.4, 0.5) is 13.2 Å². The van der Waals surface area contributed by atoms with E-state index < -0.39 is 17.7 Å². The summed E-state index contributed by atoms with van der Waals surface area (Å²) in [6.45, 7) is 1.16. The second-order valence-corrected chi connectivity index (χ2v) is 4.65. The largest absolute Gasteiger partial charge is 0.416 e. The molecule has 0 radical (unpaired) electrons. The van der Waals surface area contributed by atoms with Gasteiger partial charge >= 0.3 is 6.18 Å². The van der Waals surface area contributed by atoms with Gasteiger partial charge in [0.25, 0.3) is 0 Å². The van der Waals surface area contributed by atoms with E-state index in [9.17, 15) is 18.0 Å². The van der Waals surface area contributed by atoms with E-state index in [2.05, 4.69) is 0 Å². The molecule has 1 aromatic rings. The van der Waals surface area contributed by atoms with Crippen LogP contribution in [0.3, 0.4) is 0 Å². The van der Waals surface area contributed by atoms with Crippen LogP contribution in [0.5, 0.6) is 0 Å². The molecule has 1 saturated heterocycles. The zero-order chi connectivity index (χ0) is 13.3. The number of Topliss-reactive ketones (excluding diaryl/α,β-unsaturated/α-hetero) is 1. The highest BCUT2D eigenvalue weighted by Gasteiger charge is 2.32. The number of carbonyl (C=O) groups is 1. The first kappa shape index (κ1) is 13.1. The van der Waals surface area contributed by atoms with E-state index in [0.29, 0.717) is 25.1 Å². The van der Waals surface area contributed by atoms with Gasteiger partial charge in [0.1, 0.15) is 5.78 Å². The summed E-state index contributed by atoms with van der Waals surface area (Å²) in [6, 6.07) is 5.07. The molecule has 5 heteroatoms. The van der Waals surface area contributed by atoms with Crippen molar-refractivity contribution in [3.05, 3.63) is 35.4 Å². The molecule has 0 amide bonds. The van der Waals surface area contributed by atoms with E-state index in [4.69, 9.17) is 0 Å². The number of halogens is 3. The Morgan fingerprint density at radius 1 is 1.33 bits per heavy atom. The third-order valence-electron chi connectivity index (χ3n) is 3.24. The highest BCUT2D eigenvalue weighted by Crippen LogP contribution is 2.32. The summed E-state index contributed by atoms with van der Waals surface area (Å²) in [5.41, 5.74) is -0.234. The molecular weight excluding hydrogens is 243 g/mol. The Morgan fingerprint density at radius 3 is 2.72 bits per heavy atom. The van der Waals surface area contributed by atoms with E-state index in [1.807, 2.05) is 11.9 Å². The standard InChI is InChI=1S/C13H14F3NO/c1-17-6-5-12(18)11(8-17)9-3-2-4-10(7-9)13(14,15)16/h2-4,7,11H,5-6,8H2,1H3. The average molecular weight is 257 g/mol. The first-order valence-corrected chi connectivity index (χ1v) is 5.76. The number of carbonyl (C=O) groups excluding carboxylic acids is 1.